The van der Waals surface area contributed by atoms with E-state index >= 15 is 0 Å². The van der Waals surface area contributed by atoms with Crippen LogP contribution < -0.4 is 22.1 Å². The Labute approximate surface area is 159 Å². The van der Waals surface area contributed by atoms with Gasteiger partial charge >= 0.3 is 5.69 Å². The molecule has 0 radical (unpaired) electrons. The monoisotopic (exact) mass is 379 g/mol. The Morgan fingerprint density at radius 1 is 1.04 bits per heavy atom. The average Bonchev–Trinajstić information content (AvgIpc) is 2.67. The number of fused-ring (bicyclic) bond motifs is 3. The molecular weight excluding hydrogens is 358 g/mol. The average molecular weight is 379 g/mol. The number of hydrogen-bond acceptors (Lipinski definition) is 5. The molecule has 0 saturated carbocycles. The molecule has 8 heteroatoms. The minimum absolute atomic E-state index is 0.0533. The van der Waals surface area contributed by atoms with Crippen molar-refractivity contribution in [1.29, 1.82) is 0 Å². The van der Waals surface area contributed by atoms with E-state index in [0.717, 1.165) is 31.2 Å². The van der Waals surface area contributed by atoms with Gasteiger partial charge in [0.05, 0.1) is 16.6 Å². The van der Waals surface area contributed by atoms with Crippen LogP contribution in [0.2, 0.25) is 0 Å². The molecule has 28 heavy (non-hydrogen) atoms. The molecule has 8 nitrogen and oxygen atoms in total. The number of piperidine rings is 2. The van der Waals surface area contributed by atoms with Crippen LogP contribution in [0.25, 0.3) is 22.3 Å². The molecular formula is C20H21N5O3. The number of hydrogen-bond donors (Lipinski definition) is 3. The van der Waals surface area contributed by atoms with Gasteiger partial charge in [-0.2, -0.15) is 0 Å². The van der Waals surface area contributed by atoms with Crippen LogP contribution in [0.3, 0.4) is 0 Å². The van der Waals surface area contributed by atoms with Crippen LogP contribution in [0, 0.1) is 0 Å². The van der Waals surface area contributed by atoms with E-state index in [4.69, 9.17) is 0 Å². The minimum atomic E-state index is -0.614. The van der Waals surface area contributed by atoms with Gasteiger partial charge in [0.25, 0.3) is 11.1 Å². The fraction of sp³-hybridized carbons (Fsp3) is 0.400. The standard InChI is InChI=1S/C20H21N5O3/c26-18-14(10-21-20(28)24-18)17-19(27)25(16-7-2-1-6-15(16)23-17)13-8-11-4-3-5-12(9-13)22-11/h1-2,6-7,10-13,22H,3-5,8-9H2,(H2,21,24,26,28). The lowest BCUT2D eigenvalue weighted by molar-refractivity contribution is 0.189. The van der Waals surface area contributed by atoms with E-state index in [0.29, 0.717) is 17.6 Å². The molecule has 0 aliphatic carbocycles. The molecule has 2 bridgehead atoms. The van der Waals surface area contributed by atoms with Gasteiger partial charge in [-0.1, -0.05) is 18.6 Å². The Hall–Kier alpha value is -3.00. The van der Waals surface area contributed by atoms with E-state index in [1.807, 2.05) is 28.8 Å². The van der Waals surface area contributed by atoms with Crippen molar-refractivity contribution in [3.8, 4) is 11.3 Å². The maximum Gasteiger partial charge on any atom is 0.325 e. The van der Waals surface area contributed by atoms with Gasteiger partial charge in [-0.15, -0.1) is 0 Å². The van der Waals surface area contributed by atoms with Gasteiger partial charge in [0.2, 0.25) is 0 Å². The zero-order valence-electron chi connectivity index (χ0n) is 15.3. The largest absolute Gasteiger partial charge is 0.325 e. The summed E-state index contributed by atoms with van der Waals surface area (Å²) in [4.78, 5) is 46.2. The van der Waals surface area contributed by atoms with Gasteiger partial charge in [0, 0.05) is 24.3 Å². The molecule has 2 aliphatic heterocycles. The summed E-state index contributed by atoms with van der Waals surface area (Å²) in [5.74, 6) is 0. The van der Waals surface area contributed by atoms with Gasteiger partial charge in [-0.25, -0.2) is 9.78 Å². The number of para-hydroxylation sites is 2. The lowest BCUT2D eigenvalue weighted by atomic mass is 9.84. The van der Waals surface area contributed by atoms with Gasteiger partial charge in [-0.05, 0) is 37.8 Å². The number of rotatable bonds is 2. The zero-order valence-corrected chi connectivity index (χ0v) is 15.3. The van der Waals surface area contributed by atoms with Crippen molar-refractivity contribution in [1.82, 2.24) is 24.8 Å². The van der Waals surface area contributed by atoms with E-state index in [1.165, 1.54) is 12.6 Å². The van der Waals surface area contributed by atoms with Gasteiger partial charge in [0.15, 0.2) is 0 Å². The van der Waals surface area contributed by atoms with E-state index in [9.17, 15) is 14.4 Å². The van der Waals surface area contributed by atoms with Gasteiger partial charge in [-0.3, -0.25) is 14.6 Å². The fourth-order valence-corrected chi connectivity index (χ4v) is 4.72. The summed E-state index contributed by atoms with van der Waals surface area (Å²) in [6, 6.07) is 8.39. The number of aromatic nitrogens is 4. The molecule has 2 unspecified atom stereocenters. The summed E-state index contributed by atoms with van der Waals surface area (Å²) in [6.07, 6.45) is 6.49. The maximum atomic E-state index is 13.5. The molecule has 4 heterocycles. The highest BCUT2D eigenvalue weighted by atomic mass is 16.2. The van der Waals surface area contributed by atoms with E-state index in [1.54, 1.807) is 0 Å². The highest BCUT2D eigenvalue weighted by Crippen LogP contribution is 2.33. The Morgan fingerprint density at radius 3 is 2.54 bits per heavy atom. The Kier molecular flexibility index (Phi) is 4.01. The predicted octanol–water partition coefficient (Wildman–Crippen LogP) is 1.29. The lowest BCUT2D eigenvalue weighted by Gasteiger charge is -2.41. The molecule has 3 aromatic rings. The number of nitrogens with zero attached hydrogens (tertiary/aromatic N) is 2. The number of nitrogens with one attached hydrogen (secondary N) is 3. The third kappa shape index (κ3) is 2.80. The topological polar surface area (TPSA) is 113 Å². The fourth-order valence-electron chi connectivity index (χ4n) is 4.72. The van der Waals surface area contributed by atoms with Crippen LogP contribution in [0.4, 0.5) is 0 Å². The van der Waals surface area contributed by atoms with Crippen molar-refractivity contribution in [3.05, 3.63) is 61.7 Å². The molecule has 2 atom stereocenters. The molecule has 3 N–H and O–H groups in total. The van der Waals surface area contributed by atoms with Crippen molar-refractivity contribution in [3.63, 3.8) is 0 Å². The predicted molar refractivity (Wildman–Crippen MR) is 106 cm³/mol. The van der Waals surface area contributed by atoms with Gasteiger partial charge in [0.1, 0.15) is 5.69 Å². The van der Waals surface area contributed by atoms with Gasteiger partial charge < -0.3 is 14.9 Å². The smallest absolute Gasteiger partial charge is 0.313 e. The SMILES string of the molecule is O=c1[nH]cc(-c2nc3ccccc3n(C3CC4CCCC(C3)N4)c2=O)c(=O)[nH]1. The Balaban J connectivity index is 1.74. The molecule has 2 saturated heterocycles. The summed E-state index contributed by atoms with van der Waals surface area (Å²) in [7, 11) is 0. The third-order valence-corrected chi connectivity index (χ3v) is 5.92. The zero-order chi connectivity index (χ0) is 19.3. The summed E-state index contributed by atoms with van der Waals surface area (Å²) in [6.45, 7) is 0. The molecule has 0 amide bonds. The molecule has 2 fully saturated rings. The number of H-pyrrole nitrogens is 2. The second-order valence-electron chi connectivity index (χ2n) is 7.73. The van der Waals surface area contributed by atoms with E-state index in [2.05, 4.69) is 20.3 Å². The van der Waals surface area contributed by atoms with Crippen molar-refractivity contribution < 1.29 is 0 Å². The highest BCUT2D eigenvalue weighted by Gasteiger charge is 2.33. The van der Waals surface area contributed by atoms with Crippen LogP contribution in [0.15, 0.2) is 44.8 Å². The summed E-state index contributed by atoms with van der Waals surface area (Å²) >= 11 is 0. The summed E-state index contributed by atoms with van der Waals surface area (Å²) in [5, 5.41) is 3.66. The quantitative estimate of drug-likeness (QED) is 0.621. The summed E-state index contributed by atoms with van der Waals surface area (Å²) < 4.78 is 1.81. The first kappa shape index (κ1) is 17.1. The first-order valence-electron chi connectivity index (χ1n) is 9.70. The van der Waals surface area contributed by atoms with E-state index < -0.39 is 11.2 Å². The van der Waals surface area contributed by atoms with Crippen LogP contribution in [-0.2, 0) is 0 Å². The van der Waals surface area contributed by atoms with Crippen molar-refractivity contribution in [2.45, 2.75) is 50.2 Å². The van der Waals surface area contributed by atoms with Crippen LogP contribution in [0.1, 0.15) is 38.1 Å². The third-order valence-electron chi connectivity index (χ3n) is 5.92. The molecule has 2 aliphatic rings. The highest BCUT2D eigenvalue weighted by molar-refractivity contribution is 5.77. The van der Waals surface area contributed by atoms with Crippen LogP contribution in [0.5, 0.6) is 0 Å². The normalized spacial score (nSPS) is 24.4. The van der Waals surface area contributed by atoms with E-state index in [-0.39, 0.29) is 22.9 Å². The molecule has 5 rings (SSSR count). The second kappa shape index (κ2) is 6.56. The molecule has 0 spiro atoms. The lowest BCUT2D eigenvalue weighted by Crippen LogP contribution is -2.50. The first-order chi connectivity index (χ1) is 13.6. The van der Waals surface area contributed by atoms with Crippen LogP contribution in [-0.4, -0.2) is 31.6 Å². The maximum absolute atomic E-state index is 13.5. The molecule has 1 aromatic carbocycles. The minimum Gasteiger partial charge on any atom is -0.313 e. The first-order valence-corrected chi connectivity index (χ1v) is 9.70. The van der Waals surface area contributed by atoms with Crippen molar-refractivity contribution >= 4 is 11.0 Å². The van der Waals surface area contributed by atoms with Crippen molar-refractivity contribution in [2.75, 3.05) is 0 Å². The Bertz CT molecular complexity index is 1210. The number of aromatic amines is 2. The number of benzene rings is 1. The van der Waals surface area contributed by atoms with Crippen molar-refractivity contribution in [2.24, 2.45) is 0 Å². The second-order valence-corrected chi connectivity index (χ2v) is 7.73. The Morgan fingerprint density at radius 2 is 1.79 bits per heavy atom. The molecule has 2 aromatic heterocycles. The van der Waals surface area contributed by atoms with Crippen LogP contribution >= 0.6 is 0 Å². The molecule has 144 valence electrons. The summed E-state index contributed by atoms with van der Waals surface area (Å²) in [5.41, 5.74) is 0.0752.